The number of fused-ring (bicyclic) bond motifs is 2. The summed E-state index contributed by atoms with van der Waals surface area (Å²) in [5, 5.41) is 2.31. The van der Waals surface area contributed by atoms with Crippen LogP contribution >= 0.6 is 0 Å². The van der Waals surface area contributed by atoms with Gasteiger partial charge in [-0.3, -0.25) is 9.59 Å². The number of benzene rings is 2. The van der Waals surface area contributed by atoms with Crippen LogP contribution in [0.2, 0.25) is 0 Å². The predicted molar refractivity (Wildman–Crippen MR) is 117 cm³/mol. The average molecular weight is 469 g/mol. The van der Waals surface area contributed by atoms with Gasteiger partial charge in [0, 0.05) is 18.0 Å². The van der Waals surface area contributed by atoms with Crippen molar-refractivity contribution < 1.29 is 27.4 Å². The van der Waals surface area contributed by atoms with Crippen molar-refractivity contribution in [1.82, 2.24) is 14.7 Å². The monoisotopic (exact) mass is 469 g/mol. The maximum Gasteiger partial charge on any atom is 0.272 e. The largest absolute Gasteiger partial charge is 0.486 e. The third-order valence-electron chi connectivity index (χ3n) is 5.50. The Kier molecular flexibility index (Phi) is 5.48. The molecule has 0 fully saturated rings. The molecule has 0 aliphatic carbocycles. The zero-order valence-electron chi connectivity index (χ0n) is 17.6. The van der Waals surface area contributed by atoms with E-state index in [-0.39, 0.29) is 46.0 Å². The summed E-state index contributed by atoms with van der Waals surface area (Å²) in [6, 6.07) is 10.6. The predicted octanol–water partition coefficient (Wildman–Crippen LogP) is 3.94. The fourth-order valence-electron chi connectivity index (χ4n) is 3.85. The Labute approximate surface area is 190 Å². The normalized spacial score (nSPS) is 13.8. The van der Waals surface area contributed by atoms with Gasteiger partial charge in [-0.15, -0.1) is 0 Å². The molecule has 174 valence electrons. The molecule has 1 aliphatic heterocycles. The molecule has 0 saturated heterocycles. The van der Waals surface area contributed by atoms with Crippen molar-refractivity contribution in [3.8, 4) is 22.8 Å². The van der Waals surface area contributed by atoms with Gasteiger partial charge < -0.3 is 24.2 Å². The first-order valence-corrected chi connectivity index (χ1v) is 10.4. The van der Waals surface area contributed by atoms with Gasteiger partial charge in [0.05, 0.1) is 11.3 Å². The summed E-state index contributed by atoms with van der Waals surface area (Å²) < 4.78 is 54.3. The van der Waals surface area contributed by atoms with E-state index in [1.807, 2.05) is 0 Å². The topological polar surface area (TPSA) is 84.8 Å². The summed E-state index contributed by atoms with van der Waals surface area (Å²) in [6.45, 7) is 0.501. The fourth-order valence-corrected chi connectivity index (χ4v) is 3.85. The first-order chi connectivity index (χ1) is 16.4. The summed E-state index contributed by atoms with van der Waals surface area (Å²) >= 11 is 0. The number of hydrogen-bond acceptors (Lipinski definition) is 4. The quantitative estimate of drug-likeness (QED) is 0.464. The van der Waals surface area contributed by atoms with Crippen LogP contribution in [0, 0.1) is 5.82 Å². The Hall–Kier alpha value is -4.21. The van der Waals surface area contributed by atoms with Gasteiger partial charge >= 0.3 is 0 Å². The molecule has 1 unspecified atom stereocenters. The number of amides is 1. The summed E-state index contributed by atoms with van der Waals surface area (Å²) in [7, 11) is 0. The molecule has 0 radical (unpaired) electrons. The van der Waals surface area contributed by atoms with Gasteiger partial charge in [0.1, 0.15) is 24.8 Å². The van der Waals surface area contributed by atoms with Crippen LogP contribution in [-0.4, -0.2) is 34.9 Å². The molecule has 1 aliphatic rings. The lowest BCUT2D eigenvalue weighted by atomic mass is 10.1. The lowest BCUT2D eigenvalue weighted by molar-refractivity contribution is 0.0744. The number of aromatic amines is 1. The maximum atomic E-state index is 15.0. The molecule has 0 saturated carbocycles. The number of halogens is 3. The van der Waals surface area contributed by atoms with Crippen LogP contribution in [0.15, 0.2) is 65.7 Å². The number of hydrogen-bond donors (Lipinski definition) is 2. The number of carbonyl (C=O) groups excluding carboxylic acids is 1. The van der Waals surface area contributed by atoms with Gasteiger partial charge in [-0.1, -0.05) is 30.3 Å². The first-order valence-electron chi connectivity index (χ1n) is 10.4. The van der Waals surface area contributed by atoms with E-state index in [4.69, 9.17) is 9.47 Å². The van der Waals surface area contributed by atoms with Gasteiger partial charge in [-0.2, -0.15) is 0 Å². The number of nitrogens with zero attached hydrogens (tertiary/aromatic N) is 1. The highest BCUT2D eigenvalue weighted by Crippen LogP contribution is 2.37. The van der Waals surface area contributed by atoms with Gasteiger partial charge in [0.2, 0.25) is 0 Å². The Balaban J connectivity index is 1.48. The summed E-state index contributed by atoms with van der Waals surface area (Å²) in [4.78, 5) is 28.0. The first kappa shape index (κ1) is 21.6. The second-order valence-electron chi connectivity index (χ2n) is 7.67. The molecule has 10 heteroatoms. The van der Waals surface area contributed by atoms with Crippen molar-refractivity contribution in [3.05, 3.63) is 88.2 Å². The van der Waals surface area contributed by atoms with Crippen molar-refractivity contribution in [2.45, 2.75) is 12.5 Å². The minimum absolute atomic E-state index is 0.00637. The van der Waals surface area contributed by atoms with Crippen LogP contribution in [0.25, 0.3) is 16.8 Å². The number of H-pyrrole nitrogens is 1. The highest BCUT2D eigenvalue weighted by molar-refractivity contribution is 5.96. The zero-order valence-corrected chi connectivity index (χ0v) is 17.6. The molecular formula is C24H18F3N3O4. The molecule has 3 heterocycles. The number of rotatable bonds is 5. The third-order valence-corrected chi connectivity index (χ3v) is 5.50. The lowest BCUT2D eigenvalue weighted by Gasteiger charge is -2.19. The fraction of sp³-hybridized carbons (Fsp3) is 0.167. The molecule has 1 amide bonds. The number of aromatic nitrogens is 2. The van der Waals surface area contributed by atoms with Crippen molar-refractivity contribution in [1.29, 1.82) is 0 Å². The minimum Gasteiger partial charge on any atom is -0.486 e. The van der Waals surface area contributed by atoms with Crippen LogP contribution in [0.3, 0.4) is 0 Å². The SMILES string of the molecule is O=C(NC(c1ccccc1)C(F)F)c1cc2c(=O)[nH]c(-c3ccc4c(c3F)OCCO4)cn2c1. The Morgan fingerprint density at radius 3 is 2.59 bits per heavy atom. The molecule has 0 bridgehead atoms. The lowest BCUT2D eigenvalue weighted by Crippen LogP contribution is -2.32. The van der Waals surface area contributed by atoms with Crippen molar-refractivity contribution in [2.24, 2.45) is 0 Å². The molecule has 7 nitrogen and oxygen atoms in total. The summed E-state index contributed by atoms with van der Waals surface area (Å²) in [6.07, 6.45) is -0.0759. The molecule has 2 aromatic heterocycles. The van der Waals surface area contributed by atoms with Gasteiger partial charge in [-0.05, 0) is 23.8 Å². The molecule has 4 aromatic rings. The third kappa shape index (κ3) is 3.87. The zero-order chi connectivity index (χ0) is 23.8. The molecule has 1 atom stereocenters. The van der Waals surface area contributed by atoms with Crippen molar-refractivity contribution in [2.75, 3.05) is 13.2 Å². The van der Waals surface area contributed by atoms with Gasteiger partial charge in [-0.25, -0.2) is 13.2 Å². The van der Waals surface area contributed by atoms with Crippen LogP contribution < -0.4 is 20.3 Å². The van der Waals surface area contributed by atoms with Crippen LogP contribution in [0.5, 0.6) is 11.5 Å². The minimum atomic E-state index is -2.84. The van der Waals surface area contributed by atoms with Gasteiger partial charge in [0.15, 0.2) is 17.3 Å². The summed E-state index contributed by atoms with van der Waals surface area (Å²) in [5.74, 6) is -1.25. The highest BCUT2D eigenvalue weighted by atomic mass is 19.3. The van der Waals surface area contributed by atoms with Crippen molar-refractivity contribution >= 4 is 11.4 Å². The Morgan fingerprint density at radius 2 is 1.82 bits per heavy atom. The highest BCUT2D eigenvalue weighted by Gasteiger charge is 2.26. The molecular weight excluding hydrogens is 451 g/mol. The average Bonchev–Trinajstić information content (AvgIpc) is 3.28. The van der Waals surface area contributed by atoms with Crippen LogP contribution in [0.1, 0.15) is 22.0 Å². The van der Waals surface area contributed by atoms with E-state index < -0.39 is 29.8 Å². The smallest absolute Gasteiger partial charge is 0.272 e. The Morgan fingerprint density at radius 1 is 1.06 bits per heavy atom. The van der Waals surface area contributed by atoms with Crippen LogP contribution in [-0.2, 0) is 0 Å². The second-order valence-corrected chi connectivity index (χ2v) is 7.67. The Bertz CT molecular complexity index is 1430. The van der Waals surface area contributed by atoms with E-state index in [2.05, 4.69) is 10.3 Å². The number of ether oxygens (including phenoxy) is 2. The summed E-state index contributed by atoms with van der Waals surface area (Å²) in [5.41, 5.74) is -0.00996. The molecule has 2 aromatic carbocycles. The molecule has 5 rings (SSSR count). The van der Waals surface area contributed by atoms with E-state index in [0.717, 1.165) is 0 Å². The number of alkyl halides is 2. The molecule has 34 heavy (non-hydrogen) atoms. The van der Waals surface area contributed by atoms with Crippen LogP contribution in [0.4, 0.5) is 13.2 Å². The van der Waals surface area contributed by atoms with E-state index in [0.29, 0.717) is 6.61 Å². The second kappa shape index (κ2) is 8.62. The van der Waals surface area contributed by atoms with Crippen molar-refractivity contribution in [3.63, 3.8) is 0 Å². The van der Waals surface area contributed by atoms with E-state index in [9.17, 15) is 18.4 Å². The number of carbonyl (C=O) groups is 1. The standard InChI is InChI=1S/C24H18F3N3O4/c25-19-15(6-7-18-21(19)34-9-8-33-18)16-12-30-11-14(10-17(30)24(32)28-16)23(31)29-20(22(26)27)13-4-2-1-3-5-13/h1-7,10-12,20,22H,8-9H2,(H,28,32)(H,29,31). The number of nitrogens with one attached hydrogen (secondary N) is 2. The van der Waals surface area contributed by atoms with Gasteiger partial charge in [0.25, 0.3) is 17.9 Å². The molecule has 2 N–H and O–H groups in total. The van der Waals surface area contributed by atoms with E-state index >= 15 is 4.39 Å². The molecule has 0 spiro atoms. The maximum absolute atomic E-state index is 15.0. The van der Waals surface area contributed by atoms with E-state index in [1.54, 1.807) is 18.2 Å². The van der Waals surface area contributed by atoms with E-state index in [1.165, 1.54) is 47.1 Å².